The molecule has 0 saturated heterocycles. The fourth-order valence-corrected chi connectivity index (χ4v) is 2.23. The highest BCUT2D eigenvalue weighted by atomic mass is 35.5. The van der Waals surface area contributed by atoms with Crippen LogP contribution in [0.25, 0.3) is 0 Å². The molecular weight excluding hydrogens is 340 g/mol. The Kier molecular flexibility index (Phi) is 5.98. The second-order valence-corrected chi connectivity index (χ2v) is 6.94. The molecule has 2 rings (SSSR count). The van der Waals surface area contributed by atoms with E-state index < -0.39 is 6.03 Å². The second-order valence-electron chi connectivity index (χ2n) is 6.53. The van der Waals surface area contributed by atoms with E-state index in [1.807, 2.05) is 39.0 Å². The van der Waals surface area contributed by atoms with Crippen LogP contribution in [0.3, 0.4) is 0 Å². The van der Waals surface area contributed by atoms with Gasteiger partial charge in [-0.2, -0.15) is 0 Å². The number of halogens is 1. The highest BCUT2D eigenvalue weighted by Gasteiger charge is 2.16. The minimum atomic E-state index is -0.395. The Bertz CT molecular complexity index is 772. The number of nitrogens with one attached hydrogen (secondary N) is 3. The molecule has 0 radical (unpaired) electrons. The highest BCUT2D eigenvalue weighted by molar-refractivity contribution is 6.31. The minimum absolute atomic E-state index is 0.235. The van der Waals surface area contributed by atoms with Gasteiger partial charge in [-0.1, -0.05) is 29.8 Å². The molecule has 3 N–H and O–H groups in total. The molecule has 0 unspecified atom stereocenters. The second kappa shape index (κ2) is 7.98. The first-order valence-corrected chi connectivity index (χ1v) is 8.19. The topological polar surface area (TPSA) is 83.1 Å². The fraction of sp³-hybridized carbons (Fsp3) is 0.278. The van der Waals surface area contributed by atoms with Crippen LogP contribution >= 0.6 is 11.6 Å². The quantitative estimate of drug-likeness (QED) is 0.779. The van der Waals surface area contributed by atoms with Crippen molar-refractivity contribution in [3.05, 3.63) is 58.9 Å². The van der Waals surface area contributed by atoms with Gasteiger partial charge in [0.15, 0.2) is 0 Å². The van der Waals surface area contributed by atoms with E-state index in [4.69, 9.17) is 11.6 Å². The monoisotopic (exact) mass is 360 g/mol. The minimum Gasteiger partial charge on any atom is -0.346 e. The number of benzene rings is 1. The molecule has 3 amide bonds. The van der Waals surface area contributed by atoms with Gasteiger partial charge >= 0.3 is 6.03 Å². The van der Waals surface area contributed by atoms with Crippen LogP contribution in [0.15, 0.2) is 42.6 Å². The molecule has 7 heteroatoms. The molecule has 0 spiro atoms. The number of amides is 3. The number of urea groups is 1. The van der Waals surface area contributed by atoms with E-state index in [1.165, 1.54) is 12.3 Å². The Labute approximate surface area is 152 Å². The van der Waals surface area contributed by atoms with E-state index in [2.05, 4.69) is 20.9 Å². The number of hydrogen-bond donors (Lipinski definition) is 3. The molecule has 0 atom stereocenters. The number of hydrogen-bond acceptors (Lipinski definition) is 3. The standard InChI is InChI=1S/C18H21ClN4O2/c1-18(2,3)23-16(24)15-10-13(8-9-20-15)22-17(25)21-11-12-6-4-5-7-14(12)19/h4-10H,11H2,1-3H3,(H,23,24)(H2,20,21,22,25). The van der Waals surface area contributed by atoms with Gasteiger partial charge in [0.2, 0.25) is 0 Å². The van der Waals surface area contributed by atoms with E-state index in [0.29, 0.717) is 17.3 Å². The molecule has 0 aliphatic carbocycles. The maximum atomic E-state index is 12.1. The third-order valence-corrected chi connectivity index (χ3v) is 3.50. The van der Waals surface area contributed by atoms with E-state index in [1.54, 1.807) is 12.1 Å². The van der Waals surface area contributed by atoms with Crippen molar-refractivity contribution in [2.75, 3.05) is 5.32 Å². The van der Waals surface area contributed by atoms with Crippen LogP contribution in [0, 0.1) is 0 Å². The summed E-state index contributed by atoms with van der Waals surface area (Å²) in [6.07, 6.45) is 1.47. The molecule has 0 aliphatic rings. The fourth-order valence-electron chi connectivity index (χ4n) is 2.03. The predicted molar refractivity (Wildman–Crippen MR) is 98.8 cm³/mol. The van der Waals surface area contributed by atoms with Crippen LogP contribution in [-0.4, -0.2) is 22.5 Å². The van der Waals surface area contributed by atoms with Gasteiger partial charge in [-0.15, -0.1) is 0 Å². The highest BCUT2D eigenvalue weighted by Crippen LogP contribution is 2.14. The number of carbonyl (C=O) groups excluding carboxylic acids is 2. The molecule has 0 aliphatic heterocycles. The van der Waals surface area contributed by atoms with Crippen molar-refractivity contribution in [1.29, 1.82) is 0 Å². The van der Waals surface area contributed by atoms with E-state index in [9.17, 15) is 9.59 Å². The van der Waals surface area contributed by atoms with E-state index >= 15 is 0 Å². The van der Waals surface area contributed by atoms with Crippen molar-refractivity contribution in [1.82, 2.24) is 15.6 Å². The third-order valence-electron chi connectivity index (χ3n) is 3.14. The lowest BCUT2D eigenvalue weighted by Gasteiger charge is -2.20. The predicted octanol–water partition coefficient (Wildman–Crippen LogP) is 3.59. The third kappa shape index (κ3) is 6.08. The number of rotatable bonds is 4. The van der Waals surface area contributed by atoms with Crippen molar-refractivity contribution in [3.8, 4) is 0 Å². The molecule has 0 saturated carbocycles. The summed E-state index contributed by atoms with van der Waals surface area (Å²) < 4.78 is 0. The van der Waals surface area contributed by atoms with Gasteiger partial charge in [0.1, 0.15) is 5.69 Å². The first kappa shape index (κ1) is 18.7. The van der Waals surface area contributed by atoms with E-state index in [0.717, 1.165) is 5.56 Å². The van der Waals surface area contributed by atoms with Crippen molar-refractivity contribution in [3.63, 3.8) is 0 Å². The Morgan fingerprint density at radius 1 is 1.16 bits per heavy atom. The lowest BCUT2D eigenvalue weighted by molar-refractivity contribution is 0.0914. The van der Waals surface area contributed by atoms with Gasteiger partial charge in [0.05, 0.1) is 0 Å². The SMILES string of the molecule is CC(C)(C)NC(=O)c1cc(NC(=O)NCc2ccccc2Cl)ccn1. The van der Waals surface area contributed by atoms with Gasteiger partial charge in [0, 0.05) is 29.0 Å². The number of anilines is 1. The van der Waals surface area contributed by atoms with Crippen LogP contribution in [0.2, 0.25) is 5.02 Å². The zero-order chi connectivity index (χ0) is 18.4. The molecule has 6 nitrogen and oxygen atoms in total. The summed E-state index contributed by atoms with van der Waals surface area (Å²) in [4.78, 5) is 28.2. The van der Waals surface area contributed by atoms with Crippen LogP contribution in [0.4, 0.5) is 10.5 Å². The molecule has 1 aromatic heterocycles. The van der Waals surface area contributed by atoms with E-state index in [-0.39, 0.29) is 17.1 Å². The zero-order valence-electron chi connectivity index (χ0n) is 14.4. The first-order chi connectivity index (χ1) is 11.7. The lowest BCUT2D eigenvalue weighted by Crippen LogP contribution is -2.41. The Morgan fingerprint density at radius 2 is 1.88 bits per heavy atom. The number of nitrogens with zero attached hydrogens (tertiary/aromatic N) is 1. The Hall–Kier alpha value is -2.60. The summed E-state index contributed by atoms with van der Waals surface area (Å²) >= 11 is 6.05. The molecule has 25 heavy (non-hydrogen) atoms. The average molecular weight is 361 g/mol. The molecule has 1 heterocycles. The number of pyridine rings is 1. The Morgan fingerprint density at radius 3 is 2.56 bits per heavy atom. The summed E-state index contributed by atoms with van der Waals surface area (Å²) in [5.74, 6) is -0.298. The van der Waals surface area contributed by atoms with Gasteiger partial charge in [-0.05, 0) is 44.5 Å². The van der Waals surface area contributed by atoms with Crippen molar-refractivity contribution >= 4 is 29.2 Å². The van der Waals surface area contributed by atoms with Crippen molar-refractivity contribution < 1.29 is 9.59 Å². The first-order valence-electron chi connectivity index (χ1n) is 7.81. The van der Waals surface area contributed by atoms with Crippen LogP contribution in [0.1, 0.15) is 36.8 Å². The van der Waals surface area contributed by atoms with Crippen molar-refractivity contribution in [2.24, 2.45) is 0 Å². The largest absolute Gasteiger partial charge is 0.346 e. The molecule has 0 bridgehead atoms. The smallest absolute Gasteiger partial charge is 0.319 e. The maximum absolute atomic E-state index is 12.1. The number of carbonyl (C=O) groups is 2. The summed E-state index contributed by atoms with van der Waals surface area (Å²) in [5.41, 5.74) is 1.16. The van der Waals surface area contributed by atoms with Gasteiger partial charge in [-0.3, -0.25) is 9.78 Å². The summed E-state index contributed by atoms with van der Waals surface area (Å²) in [6, 6.07) is 10.0. The van der Waals surface area contributed by atoms with Crippen LogP contribution in [-0.2, 0) is 6.54 Å². The molecule has 0 fully saturated rings. The number of aromatic nitrogens is 1. The summed E-state index contributed by atoms with van der Waals surface area (Å²) in [6.45, 7) is 5.95. The molecule has 132 valence electrons. The normalized spacial score (nSPS) is 10.9. The lowest BCUT2D eigenvalue weighted by atomic mass is 10.1. The maximum Gasteiger partial charge on any atom is 0.319 e. The summed E-state index contributed by atoms with van der Waals surface area (Å²) in [5, 5.41) is 8.81. The molecule has 2 aromatic rings. The molecular formula is C18H21ClN4O2. The van der Waals surface area contributed by atoms with Crippen LogP contribution < -0.4 is 16.0 Å². The molecule has 1 aromatic carbocycles. The van der Waals surface area contributed by atoms with Crippen molar-refractivity contribution in [2.45, 2.75) is 32.9 Å². The van der Waals surface area contributed by atoms with Gasteiger partial charge in [0.25, 0.3) is 5.91 Å². The van der Waals surface area contributed by atoms with Crippen LogP contribution in [0.5, 0.6) is 0 Å². The average Bonchev–Trinajstić information content (AvgIpc) is 2.53. The van der Waals surface area contributed by atoms with Gasteiger partial charge < -0.3 is 16.0 Å². The van der Waals surface area contributed by atoms with Gasteiger partial charge in [-0.25, -0.2) is 4.79 Å². The summed E-state index contributed by atoms with van der Waals surface area (Å²) in [7, 11) is 0. The zero-order valence-corrected chi connectivity index (χ0v) is 15.1. The Balaban J connectivity index is 1.96.